The van der Waals surface area contributed by atoms with Gasteiger partial charge in [0.25, 0.3) is 0 Å². The SMILES string of the molecule is CCCN1C(=O)OCc2cc(Br)ccc21. The molecule has 1 aromatic rings. The Bertz CT molecular complexity index is 392. The minimum absolute atomic E-state index is 0.244. The molecular weight excluding hydrogens is 258 g/mol. The van der Waals surface area contributed by atoms with Gasteiger partial charge < -0.3 is 4.74 Å². The first-order valence-corrected chi connectivity index (χ1v) is 5.74. The summed E-state index contributed by atoms with van der Waals surface area (Å²) in [6.07, 6.45) is 0.677. The van der Waals surface area contributed by atoms with Crippen molar-refractivity contribution in [2.45, 2.75) is 20.0 Å². The van der Waals surface area contributed by atoms with E-state index < -0.39 is 0 Å². The largest absolute Gasteiger partial charge is 0.444 e. The Hall–Kier alpha value is -1.03. The monoisotopic (exact) mass is 269 g/mol. The number of anilines is 1. The standard InChI is InChI=1S/C11H12BrNO2/c1-2-5-13-10-4-3-9(12)6-8(10)7-15-11(13)14/h3-4,6H,2,5,7H2,1H3. The maximum absolute atomic E-state index is 11.5. The molecule has 0 bridgehead atoms. The molecular formula is C11H12BrNO2. The summed E-state index contributed by atoms with van der Waals surface area (Å²) in [7, 11) is 0. The van der Waals surface area contributed by atoms with Gasteiger partial charge in [-0.05, 0) is 24.6 Å². The van der Waals surface area contributed by atoms with Crippen LogP contribution in [0.2, 0.25) is 0 Å². The quantitative estimate of drug-likeness (QED) is 0.825. The lowest BCUT2D eigenvalue weighted by Gasteiger charge is -2.28. The summed E-state index contributed by atoms with van der Waals surface area (Å²) in [6, 6.07) is 5.89. The average molecular weight is 270 g/mol. The van der Waals surface area contributed by atoms with E-state index in [0.29, 0.717) is 13.2 Å². The normalized spacial score (nSPS) is 14.8. The van der Waals surface area contributed by atoms with Gasteiger partial charge in [0, 0.05) is 16.6 Å². The third kappa shape index (κ3) is 2.00. The highest BCUT2D eigenvalue weighted by atomic mass is 79.9. The first kappa shape index (κ1) is 10.5. The number of hydrogen-bond acceptors (Lipinski definition) is 2. The fourth-order valence-corrected chi connectivity index (χ4v) is 2.09. The van der Waals surface area contributed by atoms with E-state index in [2.05, 4.69) is 15.9 Å². The van der Waals surface area contributed by atoms with Crippen molar-refractivity contribution >= 4 is 27.7 Å². The van der Waals surface area contributed by atoms with Crippen LogP contribution in [0, 0.1) is 0 Å². The first-order chi connectivity index (χ1) is 7.22. The van der Waals surface area contributed by atoms with E-state index in [9.17, 15) is 4.79 Å². The highest BCUT2D eigenvalue weighted by Gasteiger charge is 2.24. The topological polar surface area (TPSA) is 29.5 Å². The minimum Gasteiger partial charge on any atom is -0.444 e. The smallest absolute Gasteiger partial charge is 0.414 e. The van der Waals surface area contributed by atoms with Crippen LogP contribution in [0.4, 0.5) is 10.5 Å². The van der Waals surface area contributed by atoms with Crippen molar-refractivity contribution in [1.29, 1.82) is 0 Å². The molecule has 0 aliphatic carbocycles. The van der Waals surface area contributed by atoms with Crippen LogP contribution in [-0.4, -0.2) is 12.6 Å². The molecule has 0 saturated heterocycles. The fraction of sp³-hybridized carbons (Fsp3) is 0.364. The van der Waals surface area contributed by atoms with Crippen molar-refractivity contribution in [1.82, 2.24) is 0 Å². The summed E-state index contributed by atoms with van der Waals surface area (Å²) in [6.45, 7) is 3.11. The number of ether oxygens (including phenoxy) is 1. The number of nitrogens with zero attached hydrogens (tertiary/aromatic N) is 1. The summed E-state index contributed by atoms with van der Waals surface area (Å²) in [4.78, 5) is 13.2. The predicted molar refractivity (Wildman–Crippen MR) is 62.0 cm³/mol. The van der Waals surface area contributed by atoms with Crippen LogP contribution in [0.25, 0.3) is 0 Å². The molecule has 0 spiro atoms. The highest BCUT2D eigenvalue weighted by Crippen LogP contribution is 2.29. The number of amides is 1. The summed E-state index contributed by atoms with van der Waals surface area (Å²) in [5.74, 6) is 0. The average Bonchev–Trinajstić information content (AvgIpc) is 2.22. The number of halogens is 1. The molecule has 15 heavy (non-hydrogen) atoms. The van der Waals surface area contributed by atoms with Gasteiger partial charge in [-0.15, -0.1) is 0 Å². The first-order valence-electron chi connectivity index (χ1n) is 4.95. The molecule has 4 heteroatoms. The lowest BCUT2D eigenvalue weighted by molar-refractivity contribution is 0.142. The summed E-state index contributed by atoms with van der Waals surface area (Å²) in [5, 5.41) is 0. The molecule has 0 N–H and O–H groups in total. The van der Waals surface area contributed by atoms with Crippen LogP contribution in [-0.2, 0) is 11.3 Å². The van der Waals surface area contributed by atoms with Gasteiger partial charge in [-0.25, -0.2) is 4.79 Å². The number of rotatable bonds is 2. The second-order valence-electron chi connectivity index (χ2n) is 3.48. The predicted octanol–water partition coefficient (Wildman–Crippen LogP) is 3.32. The van der Waals surface area contributed by atoms with E-state index in [1.54, 1.807) is 4.90 Å². The Morgan fingerprint density at radius 3 is 3.07 bits per heavy atom. The van der Waals surface area contributed by atoms with Crippen LogP contribution in [0.15, 0.2) is 22.7 Å². The van der Waals surface area contributed by atoms with Crippen molar-refractivity contribution in [2.24, 2.45) is 0 Å². The Morgan fingerprint density at radius 2 is 2.33 bits per heavy atom. The molecule has 1 aliphatic heterocycles. The molecule has 1 aliphatic rings. The van der Waals surface area contributed by atoms with E-state index >= 15 is 0 Å². The van der Waals surface area contributed by atoms with Crippen molar-refractivity contribution in [2.75, 3.05) is 11.4 Å². The van der Waals surface area contributed by atoms with Gasteiger partial charge >= 0.3 is 6.09 Å². The zero-order valence-electron chi connectivity index (χ0n) is 8.50. The molecule has 0 saturated carbocycles. The third-order valence-corrected chi connectivity index (χ3v) is 2.84. The number of hydrogen-bond donors (Lipinski definition) is 0. The Labute approximate surface area is 97.2 Å². The number of carbonyl (C=O) groups is 1. The van der Waals surface area contributed by atoms with E-state index in [-0.39, 0.29) is 6.09 Å². The molecule has 80 valence electrons. The van der Waals surface area contributed by atoms with Crippen LogP contribution in [0.5, 0.6) is 0 Å². The maximum Gasteiger partial charge on any atom is 0.414 e. The molecule has 0 radical (unpaired) electrons. The van der Waals surface area contributed by atoms with Gasteiger partial charge in [-0.3, -0.25) is 4.90 Å². The van der Waals surface area contributed by atoms with Crippen LogP contribution >= 0.6 is 15.9 Å². The summed E-state index contributed by atoms with van der Waals surface area (Å²) in [5.41, 5.74) is 2.02. The van der Waals surface area contributed by atoms with Gasteiger partial charge in [0.15, 0.2) is 0 Å². The second kappa shape index (κ2) is 4.23. The summed E-state index contributed by atoms with van der Waals surface area (Å²) >= 11 is 3.41. The Balaban J connectivity index is 2.39. The van der Waals surface area contributed by atoms with E-state index in [1.165, 1.54) is 0 Å². The highest BCUT2D eigenvalue weighted by molar-refractivity contribution is 9.10. The molecule has 0 atom stereocenters. The van der Waals surface area contributed by atoms with E-state index in [4.69, 9.17) is 4.74 Å². The molecule has 3 nitrogen and oxygen atoms in total. The third-order valence-electron chi connectivity index (χ3n) is 2.35. The van der Waals surface area contributed by atoms with Gasteiger partial charge in [0.2, 0.25) is 0 Å². The van der Waals surface area contributed by atoms with Crippen LogP contribution in [0.1, 0.15) is 18.9 Å². The molecule has 1 amide bonds. The number of benzene rings is 1. The van der Waals surface area contributed by atoms with Gasteiger partial charge in [-0.1, -0.05) is 22.9 Å². The molecule has 0 fully saturated rings. The molecule has 2 rings (SSSR count). The van der Waals surface area contributed by atoms with Crippen LogP contribution in [0.3, 0.4) is 0 Å². The second-order valence-corrected chi connectivity index (χ2v) is 4.39. The molecule has 1 heterocycles. The van der Waals surface area contributed by atoms with Gasteiger partial charge in [0.05, 0.1) is 5.69 Å². The molecule has 0 aromatic heterocycles. The Morgan fingerprint density at radius 1 is 1.53 bits per heavy atom. The maximum atomic E-state index is 11.5. The van der Waals surface area contributed by atoms with Crippen molar-refractivity contribution < 1.29 is 9.53 Å². The zero-order valence-corrected chi connectivity index (χ0v) is 10.1. The molecule has 0 unspecified atom stereocenters. The van der Waals surface area contributed by atoms with Gasteiger partial charge in [-0.2, -0.15) is 0 Å². The van der Waals surface area contributed by atoms with E-state index in [0.717, 1.165) is 22.1 Å². The van der Waals surface area contributed by atoms with E-state index in [1.807, 2.05) is 25.1 Å². The lowest BCUT2D eigenvalue weighted by atomic mass is 10.1. The fourth-order valence-electron chi connectivity index (χ4n) is 1.68. The van der Waals surface area contributed by atoms with Crippen molar-refractivity contribution in [3.63, 3.8) is 0 Å². The Kier molecular flexibility index (Phi) is 2.95. The lowest BCUT2D eigenvalue weighted by Crippen LogP contribution is -2.36. The molecule has 1 aromatic carbocycles. The number of carbonyl (C=O) groups excluding carboxylic acids is 1. The van der Waals surface area contributed by atoms with Gasteiger partial charge in [0.1, 0.15) is 6.61 Å². The van der Waals surface area contributed by atoms with Crippen LogP contribution < -0.4 is 4.90 Å². The number of cyclic esters (lactones) is 1. The van der Waals surface area contributed by atoms with Crippen molar-refractivity contribution in [3.05, 3.63) is 28.2 Å². The number of fused-ring (bicyclic) bond motifs is 1. The summed E-state index contributed by atoms with van der Waals surface area (Å²) < 4.78 is 6.10. The zero-order chi connectivity index (χ0) is 10.8. The minimum atomic E-state index is -0.244. The van der Waals surface area contributed by atoms with Crippen molar-refractivity contribution in [3.8, 4) is 0 Å².